The van der Waals surface area contributed by atoms with Crippen LogP contribution in [0.5, 0.6) is 0 Å². The molecule has 0 bridgehead atoms. The molecule has 0 aromatic rings. The topological polar surface area (TPSA) is 32.8 Å². The van der Waals surface area contributed by atoms with Gasteiger partial charge in [0.25, 0.3) is 0 Å². The van der Waals surface area contributed by atoms with Crippen molar-refractivity contribution in [2.24, 2.45) is 5.41 Å². The molecule has 0 radical (unpaired) electrons. The molecule has 0 amide bonds. The maximum Gasteiger partial charge on any atom is 0.129 e. The maximum absolute atomic E-state index is 11.4. The number of nitrogens with zero attached hydrogens (tertiary/aromatic N) is 2. The van der Waals surface area contributed by atoms with Crippen LogP contribution in [0.1, 0.15) is 26.7 Å². The zero-order chi connectivity index (χ0) is 13.0. The molecule has 4 nitrogen and oxygen atoms in total. The Kier molecular flexibility index (Phi) is 4.76. The Hall–Kier alpha value is -0.450. The van der Waals surface area contributed by atoms with E-state index < -0.39 is 0 Å². The number of rotatable bonds is 4. The molecule has 2 rings (SSSR count). The van der Waals surface area contributed by atoms with Gasteiger partial charge in [-0.2, -0.15) is 0 Å². The second-order valence-corrected chi connectivity index (χ2v) is 5.85. The highest BCUT2D eigenvalue weighted by Crippen LogP contribution is 2.28. The van der Waals surface area contributed by atoms with E-state index in [9.17, 15) is 4.79 Å². The van der Waals surface area contributed by atoms with Gasteiger partial charge in [0.05, 0.1) is 12.0 Å². The zero-order valence-corrected chi connectivity index (χ0v) is 11.7. The third kappa shape index (κ3) is 3.11. The Morgan fingerprint density at radius 1 is 1.44 bits per heavy atom. The minimum atomic E-state index is -0.244. The molecule has 0 N–H and O–H groups in total. The highest BCUT2D eigenvalue weighted by atomic mass is 16.5. The van der Waals surface area contributed by atoms with Gasteiger partial charge >= 0.3 is 0 Å². The minimum absolute atomic E-state index is 0.244. The standard InChI is InChI=1S/C14H26N2O2/c1-3-16-7-6-15(9-13(16)2)10-14(11-17)5-4-8-18-12-14/h11,13H,3-10,12H2,1-2H3. The fraction of sp³-hybridized carbons (Fsp3) is 0.929. The fourth-order valence-electron chi connectivity index (χ4n) is 3.26. The summed E-state index contributed by atoms with van der Waals surface area (Å²) in [5.74, 6) is 0. The van der Waals surface area contributed by atoms with Crippen molar-refractivity contribution in [3.05, 3.63) is 0 Å². The molecule has 2 aliphatic rings. The molecular weight excluding hydrogens is 228 g/mol. The lowest BCUT2D eigenvalue weighted by Gasteiger charge is -2.43. The summed E-state index contributed by atoms with van der Waals surface area (Å²) in [5, 5.41) is 0. The lowest BCUT2D eigenvalue weighted by atomic mass is 9.83. The van der Waals surface area contributed by atoms with Gasteiger partial charge in [-0.05, 0) is 26.3 Å². The summed E-state index contributed by atoms with van der Waals surface area (Å²) in [6.45, 7) is 11.2. The highest BCUT2D eigenvalue weighted by molar-refractivity contribution is 5.60. The summed E-state index contributed by atoms with van der Waals surface area (Å²) in [4.78, 5) is 16.4. The number of hydrogen-bond acceptors (Lipinski definition) is 4. The van der Waals surface area contributed by atoms with Gasteiger partial charge < -0.3 is 9.53 Å². The first-order valence-electron chi connectivity index (χ1n) is 7.19. The summed E-state index contributed by atoms with van der Waals surface area (Å²) in [6.07, 6.45) is 3.14. The lowest BCUT2D eigenvalue weighted by Crippen LogP contribution is -2.55. The van der Waals surface area contributed by atoms with Crippen LogP contribution in [0.2, 0.25) is 0 Å². The van der Waals surface area contributed by atoms with Gasteiger partial charge in [-0.1, -0.05) is 6.92 Å². The van der Waals surface area contributed by atoms with Crippen molar-refractivity contribution >= 4 is 6.29 Å². The number of likely N-dealkylation sites (N-methyl/N-ethyl adjacent to an activating group) is 1. The van der Waals surface area contributed by atoms with Crippen molar-refractivity contribution in [3.63, 3.8) is 0 Å². The minimum Gasteiger partial charge on any atom is -0.380 e. The van der Waals surface area contributed by atoms with Crippen LogP contribution in [-0.2, 0) is 9.53 Å². The van der Waals surface area contributed by atoms with Crippen molar-refractivity contribution < 1.29 is 9.53 Å². The normalized spacial score (nSPS) is 35.6. The Balaban J connectivity index is 1.90. The molecule has 18 heavy (non-hydrogen) atoms. The molecule has 2 heterocycles. The predicted molar refractivity (Wildman–Crippen MR) is 71.7 cm³/mol. The van der Waals surface area contributed by atoms with E-state index in [1.807, 2.05) is 0 Å². The third-order valence-electron chi connectivity index (χ3n) is 4.40. The van der Waals surface area contributed by atoms with E-state index >= 15 is 0 Å². The molecule has 2 saturated heterocycles. The second-order valence-electron chi connectivity index (χ2n) is 5.85. The first-order valence-corrected chi connectivity index (χ1v) is 7.19. The SMILES string of the molecule is CCN1CCN(CC2(C=O)CCCOC2)CC1C. The molecule has 2 atom stereocenters. The third-order valence-corrected chi connectivity index (χ3v) is 4.40. The van der Waals surface area contributed by atoms with Crippen molar-refractivity contribution in [3.8, 4) is 0 Å². The number of hydrogen-bond donors (Lipinski definition) is 0. The van der Waals surface area contributed by atoms with Crippen molar-refractivity contribution in [2.75, 3.05) is 45.9 Å². The molecule has 0 aromatic heterocycles. The van der Waals surface area contributed by atoms with E-state index in [1.165, 1.54) is 0 Å². The average molecular weight is 254 g/mol. The van der Waals surface area contributed by atoms with Crippen LogP contribution in [0.25, 0.3) is 0 Å². The van der Waals surface area contributed by atoms with E-state index in [2.05, 4.69) is 23.6 Å². The summed E-state index contributed by atoms with van der Waals surface area (Å²) in [5.41, 5.74) is -0.244. The molecule has 0 spiro atoms. The molecule has 2 fully saturated rings. The molecule has 2 unspecified atom stereocenters. The molecule has 0 aromatic carbocycles. The maximum atomic E-state index is 11.4. The summed E-state index contributed by atoms with van der Waals surface area (Å²) < 4.78 is 5.52. The van der Waals surface area contributed by atoms with Gasteiger partial charge in [-0.15, -0.1) is 0 Å². The van der Waals surface area contributed by atoms with E-state index in [-0.39, 0.29) is 5.41 Å². The number of carbonyl (C=O) groups excluding carboxylic acids is 1. The highest BCUT2D eigenvalue weighted by Gasteiger charge is 2.36. The first kappa shape index (κ1) is 14.0. The van der Waals surface area contributed by atoms with Crippen LogP contribution in [0.15, 0.2) is 0 Å². The fourth-order valence-corrected chi connectivity index (χ4v) is 3.26. The summed E-state index contributed by atoms with van der Waals surface area (Å²) in [7, 11) is 0. The van der Waals surface area contributed by atoms with Crippen molar-refractivity contribution in [1.82, 2.24) is 9.80 Å². The monoisotopic (exact) mass is 254 g/mol. The first-order chi connectivity index (χ1) is 8.69. The molecule has 2 aliphatic heterocycles. The largest absolute Gasteiger partial charge is 0.380 e. The smallest absolute Gasteiger partial charge is 0.129 e. The van der Waals surface area contributed by atoms with Gasteiger partial charge in [0.2, 0.25) is 0 Å². The predicted octanol–water partition coefficient (Wildman–Crippen LogP) is 1.01. The van der Waals surface area contributed by atoms with Gasteiger partial charge in [0, 0.05) is 38.8 Å². The van der Waals surface area contributed by atoms with Crippen LogP contribution in [0.4, 0.5) is 0 Å². The van der Waals surface area contributed by atoms with Crippen LogP contribution < -0.4 is 0 Å². The average Bonchev–Trinajstić information content (AvgIpc) is 2.40. The number of piperazine rings is 1. The van der Waals surface area contributed by atoms with Crippen LogP contribution >= 0.6 is 0 Å². The van der Waals surface area contributed by atoms with Gasteiger partial charge in [-0.3, -0.25) is 9.80 Å². The summed E-state index contributed by atoms with van der Waals surface area (Å²) >= 11 is 0. The van der Waals surface area contributed by atoms with Crippen LogP contribution in [0, 0.1) is 5.41 Å². The van der Waals surface area contributed by atoms with Crippen molar-refractivity contribution in [2.45, 2.75) is 32.7 Å². The Morgan fingerprint density at radius 3 is 2.83 bits per heavy atom. The number of ether oxygens (including phenoxy) is 1. The van der Waals surface area contributed by atoms with Crippen LogP contribution in [-0.4, -0.2) is 68.1 Å². The van der Waals surface area contributed by atoms with E-state index in [1.54, 1.807) is 0 Å². The second kappa shape index (κ2) is 6.13. The Bertz CT molecular complexity index is 277. The molecule has 0 saturated carbocycles. The molecule has 0 aliphatic carbocycles. The van der Waals surface area contributed by atoms with Crippen LogP contribution in [0.3, 0.4) is 0 Å². The quantitative estimate of drug-likeness (QED) is 0.701. The van der Waals surface area contributed by atoms with E-state index in [0.29, 0.717) is 12.6 Å². The Morgan fingerprint density at radius 2 is 2.28 bits per heavy atom. The number of carbonyl (C=O) groups is 1. The van der Waals surface area contributed by atoms with Crippen molar-refractivity contribution in [1.29, 1.82) is 0 Å². The molecule has 4 heteroatoms. The van der Waals surface area contributed by atoms with E-state index in [4.69, 9.17) is 4.74 Å². The number of aldehydes is 1. The Labute approximate surface area is 110 Å². The lowest BCUT2D eigenvalue weighted by molar-refractivity contribution is -0.126. The summed E-state index contributed by atoms with van der Waals surface area (Å²) in [6, 6.07) is 0.594. The van der Waals surface area contributed by atoms with Gasteiger partial charge in [0.15, 0.2) is 0 Å². The molecular formula is C14H26N2O2. The molecule has 104 valence electrons. The van der Waals surface area contributed by atoms with Gasteiger partial charge in [0.1, 0.15) is 6.29 Å². The van der Waals surface area contributed by atoms with Gasteiger partial charge in [-0.25, -0.2) is 0 Å². The zero-order valence-electron chi connectivity index (χ0n) is 11.7. The van der Waals surface area contributed by atoms with E-state index in [0.717, 1.165) is 58.5 Å².